The van der Waals surface area contributed by atoms with Gasteiger partial charge in [-0.2, -0.15) is 0 Å². The van der Waals surface area contributed by atoms with E-state index in [1.807, 2.05) is 0 Å². The SMILES string of the molecule is CC1(C)c2ccccc2-c2ccc(N(c3ccc4c(c3)C3(c5ccccc5-4)c4cc(C5CCOCC5)ccc4-c4ccc(C5CCOCC5)cc43)c3ccccc3-c3ccccc3)cc21. The Kier molecular flexibility index (Phi) is 8.99. The molecule has 2 saturated heterocycles. The van der Waals surface area contributed by atoms with Crippen LogP contribution >= 0.6 is 0 Å². The van der Waals surface area contributed by atoms with Crippen molar-refractivity contribution in [2.24, 2.45) is 0 Å². The lowest BCUT2D eigenvalue weighted by Crippen LogP contribution is -2.27. The van der Waals surface area contributed by atoms with Crippen molar-refractivity contribution in [2.75, 3.05) is 31.3 Å². The van der Waals surface area contributed by atoms with Crippen molar-refractivity contribution in [1.82, 2.24) is 0 Å². The molecular weight excluding hydrogens is 791 g/mol. The van der Waals surface area contributed by atoms with Crippen molar-refractivity contribution in [3.63, 3.8) is 0 Å². The van der Waals surface area contributed by atoms with Crippen molar-refractivity contribution in [2.45, 2.75) is 62.2 Å². The van der Waals surface area contributed by atoms with Gasteiger partial charge in [-0.3, -0.25) is 0 Å². The monoisotopic (exact) mass is 843 g/mol. The first-order chi connectivity index (χ1) is 32.0. The standard InChI is InChI=1S/C62H53NO2/c1-61(2)54-17-9-6-15-48(54)50-26-22-45(38-56(50)61)63(60-19-11-8-14-47(60)42-12-4-3-5-13-42)46-23-27-53-49-16-7-10-18-55(49)62(59(53)39-46)57-36-43(40-28-32-64-33-29-40)20-24-51(57)52-25-21-44(37-58(52)62)41-30-34-65-35-31-41/h3-27,36-41H,28-35H2,1-2H3. The molecule has 0 saturated carbocycles. The zero-order valence-corrected chi connectivity index (χ0v) is 37.3. The van der Waals surface area contributed by atoms with E-state index in [0.29, 0.717) is 11.8 Å². The van der Waals surface area contributed by atoms with Crippen LogP contribution in [0.2, 0.25) is 0 Å². The maximum atomic E-state index is 5.91. The first kappa shape index (κ1) is 38.9. The summed E-state index contributed by atoms with van der Waals surface area (Å²) in [6.07, 6.45) is 4.23. The third-order valence-corrected chi connectivity index (χ3v) is 15.9. The van der Waals surface area contributed by atoms with E-state index >= 15 is 0 Å². The van der Waals surface area contributed by atoms with Crippen LogP contribution in [0.15, 0.2) is 176 Å². The lowest BCUT2D eigenvalue weighted by atomic mass is 9.69. The molecule has 0 amide bonds. The van der Waals surface area contributed by atoms with Crippen molar-refractivity contribution >= 4 is 17.1 Å². The second-order valence-electron chi connectivity index (χ2n) is 19.5. The molecule has 1 spiro atoms. The number of anilines is 3. The Morgan fingerprint density at radius 1 is 0.385 bits per heavy atom. The largest absolute Gasteiger partial charge is 0.381 e. The highest BCUT2D eigenvalue weighted by atomic mass is 16.5. The summed E-state index contributed by atoms with van der Waals surface area (Å²) in [7, 11) is 0. The van der Waals surface area contributed by atoms with E-state index in [1.54, 1.807) is 0 Å². The number of hydrogen-bond donors (Lipinski definition) is 0. The molecule has 3 nitrogen and oxygen atoms in total. The summed E-state index contributed by atoms with van der Waals surface area (Å²) < 4.78 is 11.8. The van der Waals surface area contributed by atoms with E-state index in [0.717, 1.165) is 69.2 Å². The molecular formula is C62H53NO2. The number of fused-ring (bicyclic) bond motifs is 13. The van der Waals surface area contributed by atoms with Crippen molar-refractivity contribution < 1.29 is 9.47 Å². The maximum Gasteiger partial charge on any atom is 0.0726 e. The van der Waals surface area contributed by atoms with Crippen LogP contribution in [0.3, 0.4) is 0 Å². The van der Waals surface area contributed by atoms with Crippen LogP contribution in [0.1, 0.15) is 95.9 Å². The molecule has 2 aliphatic heterocycles. The van der Waals surface area contributed by atoms with Gasteiger partial charge in [0.05, 0.1) is 11.1 Å². The zero-order valence-electron chi connectivity index (χ0n) is 37.3. The molecule has 2 heterocycles. The first-order valence-electron chi connectivity index (χ1n) is 23.9. The van der Waals surface area contributed by atoms with Gasteiger partial charge < -0.3 is 14.4 Å². The summed E-state index contributed by atoms with van der Waals surface area (Å²) >= 11 is 0. The Balaban J connectivity index is 1.08. The Labute approximate surface area is 383 Å². The first-order valence-corrected chi connectivity index (χ1v) is 23.9. The van der Waals surface area contributed by atoms with Crippen LogP contribution in [-0.4, -0.2) is 26.4 Å². The highest BCUT2D eigenvalue weighted by molar-refractivity contribution is 5.98. The van der Waals surface area contributed by atoms with Crippen molar-refractivity contribution in [1.29, 1.82) is 0 Å². The number of hydrogen-bond acceptors (Lipinski definition) is 3. The molecule has 3 heteroatoms. The van der Waals surface area contributed by atoms with Crippen LogP contribution in [0.4, 0.5) is 17.1 Å². The van der Waals surface area contributed by atoms with Gasteiger partial charge in [-0.25, -0.2) is 0 Å². The fourth-order valence-electron chi connectivity index (χ4n) is 12.7. The summed E-state index contributed by atoms with van der Waals surface area (Å²) in [5.41, 5.74) is 24.5. The van der Waals surface area contributed by atoms with Gasteiger partial charge in [0.1, 0.15) is 0 Å². The molecule has 5 aliphatic rings. The molecule has 2 fully saturated rings. The van der Waals surface area contributed by atoms with Gasteiger partial charge in [-0.05, 0) is 151 Å². The number of rotatable bonds is 6. The van der Waals surface area contributed by atoms with Gasteiger partial charge in [0.25, 0.3) is 0 Å². The number of ether oxygens (including phenoxy) is 2. The summed E-state index contributed by atoms with van der Waals surface area (Å²) in [5.74, 6) is 0.963. The average Bonchev–Trinajstić information content (AvgIpc) is 3.92. The topological polar surface area (TPSA) is 21.7 Å². The van der Waals surface area contributed by atoms with Crippen LogP contribution < -0.4 is 4.90 Å². The lowest BCUT2D eigenvalue weighted by molar-refractivity contribution is 0.0852. The van der Waals surface area contributed by atoms with Gasteiger partial charge >= 0.3 is 0 Å². The van der Waals surface area contributed by atoms with E-state index in [9.17, 15) is 0 Å². The molecule has 8 aromatic carbocycles. The number of para-hydroxylation sites is 1. The molecule has 0 unspecified atom stereocenters. The van der Waals surface area contributed by atoms with Gasteiger partial charge in [-0.1, -0.05) is 159 Å². The zero-order chi connectivity index (χ0) is 43.3. The fraction of sp³-hybridized carbons (Fsp3) is 0.226. The maximum absolute atomic E-state index is 5.91. The highest BCUT2D eigenvalue weighted by Crippen LogP contribution is 2.64. The highest BCUT2D eigenvalue weighted by Gasteiger charge is 2.52. The molecule has 0 N–H and O–H groups in total. The van der Waals surface area contributed by atoms with Crippen molar-refractivity contribution in [3.8, 4) is 44.5 Å². The van der Waals surface area contributed by atoms with E-state index < -0.39 is 5.41 Å². The van der Waals surface area contributed by atoms with Gasteiger partial charge in [0, 0.05) is 48.8 Å². The third kappa shape index (κ3) is 5.81. The molecule has 318 valence electrons. The molecule has 0 bridgehead atoms. The van der Waals surface area contributed by atoms with Crippen LogP contribution in [0, 0.1) is 0 Å². The Bertz CT molecular complexity index is 3100. The predicted octanol–water partition coefficient (Wildman–Crippen LogP) is 15.3. The number of nitrogens with zero attached hydrogens (tertiary/aromatic N) is 1. The minimum Gasteiger partial charge on any atom is -0.381 e. The van der Waals surface area contributed by atoms with Gasteiger partial charge in [-0.15, -0.1) is 0 Å². The van der Waals surface area contributed by atoms with Crippen molar-refractivity contribution in [3.05, 3.63) is 220 Å². The lowest BCUT2D eigenvalue weighted by Gasteiger charge is -2.34. The summed E-state index contributed by atoms with van der Waals surface area (Å²) in [5, 5.41) is 0. The minimum atomic E-state index is -0.499. The normalized spacial score (nSPS) is 17.5. The molecule has 8 aromatic rings. The second-order valence-corrected chi connectivity index (χ2v) is 19.5. The fourth-order valence-corrected chi connectivity index (χ4v) is 12.7. The van der Waals surface area contributed by atoms with E-state index in [4.69, 9.17) is 9.47 Å². The Morgan fingerprint density at radius 2 is 0.815 bits per heavy atom. The molecule has 13 rings (SSSR count). The van der Waals surface area contributed by atoms with E-state index in [-0.39, 0.29) is 5.41 Å². The van der Waals surface area contributed by atoms with Crippen LogP contribution in [-0.2, 0) is 20.3 Å². The van der Waals surface area contributed by atoms with E-state index in [1.165, 1.54) is 89.0 Å². The Hall–Kier alpha value is -6.52. The quantitative estimate of drug-likeness (QED) is 0.166. The predicted molar refractivity (Wildman–Crippen MR) is 266 cm³/mol. The summed E-state index contributed by atoms with van der Waals surface area (Å²) in [6.45, 7) is 8.06. The van der Waals surface area contributed by atoms with Crippen LogP contribution in [0.25, 0.3) is 44.5 Å². The van der Waals surface area contributed by atoms with Gasteiger partial charge in [0.2, 0.25) is 0 Å². The molecule has 65 heavy (non-hydrogen) atoms. The average molecular weight is 844 g/mol. The molecule has 0 aromatic heterocycles. The van der Waals surface area contributed by atoms with E-state index in [2.05, 4.69) is 195 Å². The minimum absolute atomic E-state index is 0.141. The molecule has 0 radical (unpaired) electrons. The summed E-state index contributed by atoms with van der Waals surface area (Å²) in [6, 6.07) is 67.8. The number of benzene rings is 8. The third-order valence-electron chi connectivity index (χ3n) is 15.9. The van der Waals surface area contributed by atoms with Crippen LogP contribution in [0.5, 0.6) is 0 Å². The summed E-state index contributed by atoms with van der Waals surface area (Å²) in [4.78, 5) is 2.55. The smallest absolute Gasteiger partial charge is 0.0726 e. The Morgan fingerprint density at radius 3 is 1.42 bits per heavy atom. The van der Waals surface area contributed by atoms with Gasteiger partial charge in [0.15, 0.2) is 0 Å². The molecule has 0 atom stereocenters. The molecule has 3 aliphatic carbocycles. The second kappa shape index (κ2) is 15.0.